The molecule has 1 saturated heterocycles. The Balaban J connectivity index is 1.68. The minimum absolute atomic E-state index is 0.0967. The van der Waals surface area contributed by atoms with Crippen LogP contribution in [0.3, 0.4) is 0 Å². The van der Waals surface area contributed by atoms with Gasteiger partial charge in [0, 0.05) is 29.2 Å². The summed E-state index contributed by atoms with van der Waals surface area (Å²) >= 11 is 6.05. The zero-order chi connectivity index (χ0) is 21.1. The molecule has 1 amide bonds. The molecular weight excluding hydrogens is 413 g/mol. The first-order valence-electron chi connectivity index (χ1n) is 9.46. The molecule has 0 spiro atoms. The maximum atomic E-state index is 13.2. The SMILES string of the molecule is O=C1c2ccc(-c3cccc(C(F)(F)F)c3)cc2C2(c3ccc(Cl)cc3)NCCN12. The molecule has 5 rings (SSSR count). The smallest absolute Gasteiger partial charge is 0.311 e. The molecule has 30 heavy (non-hydrogen) atoms. The molecule has 1 N–H and O–H groups in total. The van der Waals surface area contributed by atoms with Crippen molar-refractivity contribution in [3.05, 3.63) is 94.0 Å². The van der Waals surface area contributed by atoms with E-state index in [4.69, 9.17) is 11.6 Å². The van der Waals surface area contributed by atoms with Gasteiger partial charge in [0.1, 0.15) is 5.66 Å². The van der Waals surface area contributed by atoms with Crippen LogP contribution in [0.2, 0.25) is 5.02 Å². The highest BCUT2D eigenvalue weighted by Crippen LogP contribution is 2.46. The van der Waals surface area contributed by atoms with Gasteiger partial charge < -0.3 is 4.90 Å². The lowest BCUT2D eigenvalue weighted by Crippen LogP contribution is -2.46. The minimum Gasteiger partial charge on any atom is -0.311 e. The molecule has 0 radical (unpaired) electrons. The van der Waals surface area contributed by atoms with Crippen molar-refractivity contribution in [3.8, 4) is 11.1 Å². The Morgan fingerprint density at radius 3 is 2.43 bits per heavy atom. The summed E-state index contributed by atoms with van der Waals surface area (Å²) < 4.78 is 39.5. The molecule has 2 heterocycles. The summed E-state index contributed by atoms with van der Waals surface area (Å²) in [5, 5.41) is 4.04. The van der Waals surface area contributed by atoms with Crippen molar-refractivity contribution in [3.63, 3.8) is 0 Å². The maximum Gasteiger partial charge on any atom is 0.416 e. The van der Waals surface area contributed by atoms with Crippen molar-refractivity contribution in [2.75, 3.05) is 13.1 Å². The largest absolute Gasteiger partial charge is 0.416 e. The molecule has 152 valence electrons. The van der Waals surface area contributed by atoms with Crippen LogP contribution in [0.15, 0.2) is 66.7 Å². The summed E-state index contributed by atoms with van der Waals surface area (Å²) in [6, 6.07) is 17.7. The zero-order valence-electron chi connectivity index (χ0n) is 15.6. The van der Waals surface area contributed by atoms with E-state index in [-0.39, 0.29) is 5.91 Å². The normalized spacial score (nSPS) is 20.4. The number of fused-ring (bicyclic) bond motifs is 3. The standard InChI is InChI=1S/C23H16ClF3N2O/c24-18-7-5-16(6-8-18)22-20-13-15(14-2-1-3-17(12-14)23(25,26)27)4-9-19(20)21(30)29(22)11-10-28-22/h1-9,12-13,28H,10-11H2. The lowest BCUT2D eigenvalue weighted by atomic mass is 9.89. The summed E-state index contributed by atoms with van der Waals surface area (Å²) in [6.07, 6.45) is -4.42. The van der Waals surface area contributed by atoms with Gasteiger partial charge in [-0.25, -0.2) is 0 Å². The van der Waals surface area contributed by atoms with E-state index in [0.29, 0.717) is 34.8 Å². The Morgan fingerprint density at radius 2 is 1.70 bits per heavy atom. The van der Waals surface area contributed by atoms with Gasteiger partial charge in [-0.2, -0.15) is 13.2 Å². The van der Waals surface area contributed by atoms with Crippen molar-refractivity contribution in [2.45, 2.75) is 11.8 Å². The molecule has 0 saturated carbocycles. The predicted octanol–water partition coefficient (Wildman–Crippen LogP) is 5.29. The number of hydrogen-bond donors (Lipinski definition) is 1. The van der Waals surface area contributed by atoms with E-state index >= 15 is 0 Å². The first-order valence-corrected chi connectivity index (χ1v) is 9.84. The van der Waals surface area contributed by atoms with Crippen molar-refractivity contribution in [2.24, 2.45) is 0 Å². The summed E-state index contributed by atoms with van der Waals surface area (Å²) in [4.78, 5) is 14.8. The first kappa shape index (κ1) is 19.2. The van der Waals surface area contributed by atoms with Gasteiger partial charge in [-0.1, -0.05) is 41.9 Å². The number of hydrogen-bond acceptors (Lipinski definition) is 2. The molecule has 3 nitrogen and oxygen atoms in total. The number of amides is 1. The number of carbonyl (C=O) groups excluding carboxylic acids is 1. The Kier molecular flexibility index (Phi) is 4.21. The third-order valence-electron chi connectivity index (χ3n) is 5.79. The highest BCUT2D eigenvalue weighted by Gasteiger charge is 2.53. The van der Waals surface area contributed by atoms with Crippen LogP contribution >= 0.6 is 11.6 Å². The van der Waals surface area contributed by atoms with Crippen LogP contribution in [0.5, 0.6) is 0 Å². The van der Waals surface area contributed by atoms with Crippen molar-refractivity contribution >= 4 is 17.5 Å². The number of halogens is 4. The number of nitrogens with one attached hydrogen (secondary N) is 1. The number of benzene rings is 3. The average molecular weight is 429 g/mol. The van der Waals surface area contributed by atoms with E-state index in [0.717, 1.165) is 23.3 Å². The number of nitrogens with zero attached hydrogens (tertiary/aromatic N) is 1. The van der Waals surface area contributed by atoms with Crippen molar-refractivity contribution in [1.29, 1.82) is 0 Å². The Labute approximate surface area is 176 Å². The van der Waals surface area contributed by atoms with Crippen LogP contribution in [-0.4, -0.2) is 23.9 Å². The van der Waals surface area contributed by atoms with Gasteiger partial charge in [0.05, 0.1) is 5.56 Å². The van der Waals surface area contributed by atoms with E-state index < -0.39 is 17.4 Å². The second-order valence-electron chi connectivity index (χ2n) is 7.44. The maximum absolute atomic E-state index is 13.2. The third kappa shape index (κ3) is 2.75. The molecule has 2 aliphatic rings. The molecule has 0 aliphatic carbocycles. The molecule has 0 aromatic heterocycles. The van der Waals surface area contributed by atoms with Crippen LogP contribution in [0.1, 0.15) is 27.0 Å². The number of carbonyl (C=O) groups is 1. The summed E-state index contributed by atoms with van der Waals surface area (Å²) in [7, 11) is 0. The minimum atomic E-state index is -4.42. The van der Waals surface area contributed by atoms with Gasteiger partial charge >= 0.3 is 6.18 Å². The summed E-state index contributed by atoms with van der Waals surface area (Å²) in [5.41, 5.74) is 1.66. The molecule has 7 heteroatoms. The molecular formula is C23H16ClF3N2O. The Bertz CT molecular complexity index is 1160. The van der Waals surface area contributed by atoms with E-state index in [1.807, 2.05) is 18.2 Å². The summed E-state index contributed by atoms with van der Waals surface area (Å²) in [5.74, 6) is -0.0967. The Morgan fingerprint density at radius 1 is 0.967 bits per heavy atom. The van der Waals surface area contributed by atoms with Crippen LogP contribution in [0, 0.1) is 0 Å². The molecule has 1 atom stereocenters. The van der Waals surface area contributed by atoms with Gasteiger partial charge in [0.25, 0.3) is 5.91 Å². The fourth-order valence-corrected chi connectivity index (χ4v) is 4.57. The lowest BCUT2D eigenvalue weighted by Gasteiger charge is -2.33. The predicted molar refractivity (Wildman–Crippen MR) is 108 cm³/mol. The number of rotatable bonds is 2. The van der Waals surface area contributed by atoms with Crippen molar-refractivity contribution in [1.82, 2.24) is 10.2 Å². The first-order chi connectivity index (χ1) is 14.3. The highest BCUT2D eigenvalue weighted by atomic mass is 35.5. The summed E-state index contributed by atoms with van der Waals surface area (Å²) in [6.45, 7) is 1.15. The van der Waals surface area contributed by atoms with Gasteiger partial charge in [-0.3, -0.25) is 10.1 Å². The molecule has 3 aromatic carbocycles. The van der Waals surface area contributed by atoms with Crippen LogP contribution < -0.4 is 5.32 Å². The fourth-order valence-electron chi connectivity index (χ4n) is 4.44. The molecule has 2 aliphatic heterocycles. The fraction of sp³-hybridized carbons (Fsp3) is 0.174. The quantitative estimate of drug-likeness (QED) is 0.602. The van der Waals surface area contributed by atoms with Crippen LogP contribution in [0.25, 0.3) is 11.1 Å². The van der Waals surface area contributed by atoms with Crippen LogP contribution in [0.4, 0.5) is 13.2 Å². The second kappa shape index (κ2) is 6.59. The lowest BCUT2D eigenvalue weighted by molar-refractivity contribution is -0.137. The van der Waals surface area contributed by atoms with E-state index in [9.17, 15) is 18.0 Å². The monoisotopic (exact) mass is 428 g/mol. The molecule has 1 unspecified atom stereocenters. The van der Waals surface area contributed by atoms with E-state index in [2.05, 4.69) is 5.32 Å². The average Bonchev–Trinajstić information content (AvgIpc) is 3.27. The third-order valence-corrected chi connectivity index (χ3v) is 6.04. The molecule has 3 aromatic rings. The topological polar surface area (TPSA) is 32.3 Å². The van der Waals surface area contributed by atoms with Gasteiger partial charge in [-0.15, -0.1) is 0 Å². The molecule has 0 bridgehead atoms. The highest BCUT2D eigenvalue weighted by molar-refractivity contribution is 6.30. The van der Waals surface area contributed by atoms with Crippen molar-refractivity contribution < 1.29 is 18.0 Å². The Hall–Kier alpha value is -2.83. The zero-order valence-corrected chi connectivity index (χ0v) is 16.4. The van der Waals surface area contributed by atoms with Gasteiger partial charge in [-0.05, 0) is 53.1 Å². The van der Waals surface area contributed by atoms with Gasteiger partial charge in [0.15, 0.2) is 0 Å². The van der Waals surface area contributed by atoms with Crippen LogP contribution in [-0.2, 0) is 11.8 Å². The molecule has 1 fully saturated rings. The second-order valence-corrected chi connectivity index (χ2v) is 7.88. The number of alkyl halides is 3. The van der Waals surface area contributed by atoms with E-state index in [1.165, 1.54) is 6.07 Å². The van der Waals surface area contributed by atoms with Gasteiger partial charge in [0.2, 0.25) is 0 Å². The van der Waals surface area contributed by atoms with E-state index in [1.54, 1.807) is 35.2 Å².